The quantitative estimate of drug-likeness (QED) is 0.886. The monoisotopic (exact) mass is 259 g/mol. The maximum atomic E-state index is 10.9. The summed E-state index contributed by atoms with van der Waals surface area (Å²) in [5, 5.41) is 9.68. The van der Waals surface area contributed by atoms with Crippen molar-refractivity contribution >= 4 is 34.9 Å². The van der Waals surface area contributed by atoms with Crippen LogP contribution in [0.3, 0.4) is 0 Å². The molecule has 1 fully saturated rings. The number of hydrogen-bond donors (Lipinski definition) is 1. The van der Waals surface area contributed by atoms with Crippen molar-refractivity contribution in [1.82, 2.24) is 0 Å². The van der Waals surface area contributed by atoms with Gasteiger partial charge in [-0.25, -0.2) is 4.79 Å². The van der Waals surface area contributed by atoms with Crippen molar-refractivity contribution in [2.75, 3.05) is 18.0 Å². The number of aromatic carboxylic acids is 1. The lowest BCUT2D eigenvalue weighted by Crippen LogP contribution is -2.18. The van der Waals surface area contributed by atoms with Crippen molar-refractivity contribution in [2.45, 2.75) is 12.8 Å². The summed E-state index contributed by atoms with van der Waals surface area (Å²) in [5.74, 6) is -0.987. The highest BCUT2D eigenvalue weighted by atomic mass is 35.5. The lowest BCUT2D eigenvalue weighted by atomic mass is 10.2. The van der Waals surface area contributed by atoms with Crippen LogP contribution in [0.25, 0.3) is 0 Å². The van der Waals surface area contributed by atoms with Gasteiger partial charge in [-0.3, -0.25) is 0 Å². The molecule has 86 valence electrons. The molecule has 1 aliphatic heterocycles. The van der Waals surface area contributed by atoms with Gasteiger partial charge in [0.1, 0.15) is 0 Å². The second kappa shape index (κ2) is 4.52. The van der Waals surface area contributed by atoms with Gasteiger partial charge in [-0.05, 0) is 25.0 Å². The van der Waals surface area contributed by atoms with E-state index in [0.29, 0.717) is 10.0 Å². The third kappa shape index (κ3) is 2.11. The number of benzene rings is 1. The van der Waals surface area contributed by atoms with Gasteiger partial charge in [-0.2, -0.15) is 0 Å². The summed E-state index contributed by atoms with van der Waals surface area (Å²) < 4.78 is 0. The van der Waals surface area contributed by atoms with E-state index in [-0.39, 0.29) is 5.56 Å². The summed E-state index contributed by atoms with van der Waals surface area (Å²) in [6.07, 6.45) is 2.20. The molecular weight excluding hydrogens is 249 g/mol. The molecule has 1 N–H and O–H groups in total. The van der Waals surface area contributed by atoms with Crippen LogP contribution < -0.4 is 4.90 Å². The van der Waals surface area contributed by atoms with Crippen molar-refractivity contribution in [2.24, 2.45) is 0 Å². The van der Waals surface area contributed by atoms with Crippen molar-refractivity contribution in [3.8, 4) is 0 Å². The Morgan fingerprint density at radius 2 is 1.88 bits per heavy atom. The van der Waals surface area contributed by atoms with Crippen LogP contribution in [0.1, 0.15) is 23.2 Å². The van der Waals surface area contributed by atoms with E-state index in [1.54, 1.807) is 6.07 Å². The number of rotatable bonds is 2. The minimum Gasteiger partial charge on any atom is -0.478 e. The molecule has 0 spiro atoms. The molecule has 16 heavy (non-hydrogen) atoms. The molecule has 0 unspecified atom stereocenters. The molecule has 0 aliphatic carbocycles. The molecule has 0 atom stereocenters. The first kappa shape index (κ1) is 11.6. The van der Waals surface area contributed by atoms with Crippen LogP contribution >= 0.6 is 23.2 Å². The third-order valence-corrected chi connectivity index (χ3v) is 3.49. The summed E-state index contributed by atoms with van der Waals surface area (Å²) >= 11 is 12.0. The fourth-order valence-corrected chi connectivity index (χ4v) is 2.33. The summed E-state index contributed by atoms with van der Waals surface area (Å²) in [7, 11) is 0. The summed E-state index contributed by atoms with van der Waals surface area (Å²) in [6, 6.07) is 2.97. The van der Waals surface area contributed by atoms with E-state index in [1.165, 1.54) is 6.07 Å². The molecule has 1 heterocycles. The number of carboxylic acids is 1. The minimum absolute atomic E-state index is 0.177. The van der Waals surface area contributed by atoms with Crippen molar-refractivity contribution in [1.29, 1.82) is 0 Å². The Balaban J connectivity index is 2.45. The number of halogens is 2. The molecule has 1 saturated heterocycles. The molecule has 0 radical (unpaired) electrons. The maximum Gasteiger partial charge on any atom is 0.335 e. The normalized spacial score (nSPS) is 15.5. The topological polar surface area (TPSA) is 40.5 Å². The van der Waals surface area contributed by atoms with Gasteiger partial charge in [-0.1, -0.05) is 23.2 Å². The van der Waals surface area contributed by atoms with E-state index in [2.05, 4.69) is 4.90 Å². The van der Waals surface area contributed by atoms with E-state index in [9.17, 15) is 4.79 Å². The summed E-state index contributed by atoms with van der Waals surface area (Å²) in [4.78, 5) is 13.0. The van der Waals surface area contributed by atoms with Gasteiger partial charge in [0.15, 0.2) is 0 Å². The molecule has 0 amide bonds. The Bertz CT molecular complexity index is 428. The minimum atomic E-state index is -0.987. The Morgan fingerprint density at radius 3 is 2.44 bits per heavy atom. The number of carboxylic acid groups (broad SMARTS) is 1. The molecule has 2 rings (SSSR count). The average Bonchev–Trinajstić information content (AvgIpc) is 2.74. The number of carbonyl (C=O) groups is 1. The molecule has 1 aliphatic rings. The van der Waals surface area contributed by atoms with Gasteiger partial charge in [0.2, 0.25) is 0 Å². The van der Waals surface area contributed by atoms with Crippen LogP contribution in [-0.4, -0.2) is 24.2 Å². The number of anilines is 1. The van der Waals surface area contributed by atoms with Crippen LogP contribution in [-0.2, 0) is 0 Å². The molecule has 0 bridgehead atoms. The Kier molecular flexibility index (Phi) is 3.26. The van der Waals surface area contributed by atoms with E-state index < -0.39 is 5.97 Å². The van der Waals surface area contributed by atoms with Crippen LogP contribution in [0.4, 0.5) is 5.69 Å². The van der Waals surface area contributed by atoms with E-state index in [0.717, 1.165) is 31.6 Å². The predicted molar refractivity (Wildman–Crippen MR) is 64.9 cm³/mol. The lowest BCUT2D eigenvalue weighted by molar-refractivity contribution is 0.0697. The SMILES string of the molecule is O=C(O)c1cc(Cl)c(Cl)c(N2CCCC2)c1. The van der Waals surface area contributed by atoms with E-state index in [4.69, 9.17) is 28.3 Å². The molecule has 3 nitrogen and oxygen atoms in total. The molecule has 1 aromatic rings. The van der Waals surface area contributed by atoms with E-state index >= 15 is 0 Å². The fraction of sp³-hybridized carbons (Fsp3) is 0.364. The third-order valence-electron chi connectivity index (χ3n) is 2.70. The zero-order valence-corrected chi connectivity index (χ0v) is 10.1. The largest absolute Gasteiger partial charge is 0.478 e. The first-order chi connectivity index (χ1) is 7.59. The van der Waals surface area contributed by atoms with Gasteiger partial charge in [0.25, 0.3) is 0 Å². The zero-order chi connectivity index (χ0) is 11.7. The van der Waals surface area contributed by atoms with Gasteiger partial charge >= 0.3 is 5.97 Å². The fourth-order valence-electron chi connectivity index (χ4n) is 1.89. The van der Waals surface area contributed by atoms with Crippen molar-refractivity contribution in [3.63, 3.8) is 0 Å². The summed E-state index contributed by atoms with van der Waals surface area (Å²) in [5.41, 5.74) is 0.903. The van der Waals surface area contributed by atoms with Crippen molar-refractivity contribution in [3.05, 3.63) is 27.7 Å². The average molecular weight is 260 g/mol. The maximum absolute atomic E-state index is 10.9. The van der Waals surface area contributed by atoms with Crippen LogP contribution in [0.15, 0.2) is 12.1 Å². The molecule has 5 heteroatoms. The Hall–Kier alpha value is -0.930. The van der Waals surface area contributed by atoms with Gasteiger partial charge < -0.3 is 10.0 Å². The lowest BCUT2D eigenvalue weighted by Gasteiger charge is -2.20. The first-order valence-electron chi connectivity index (χ1n) is 5.07. The molecule has 0 aromatic heterocycles. The van der Waals surface area contributed by atoms with Crippen LogP contribution in [0, 0.1) is 0 Å². The first-order valence-corrected chi connectivity index (χ1v) is 5.82. The molecule has 0 saturated carbocycles. The number of hydrogen-bond acceptors (Lipinski definition) is 2. The highest BCUT2D eigenvalue weighted by Crippen LogP contribution is 2.35. The second-order valence-electron chi connectivity index (χ2n) is 3.79. The highest BCUT2D eigenvalue weighted by Gasteiger charge is 2.19. The highest BCUT2D eigenvalue weighted by molar-refractivity contribution is 6.44. The predicted octanol–water partition coefficient (Wildman–Crippen LogP) is 3.29. The van der Waals surface area contributed by atoms with Crippen LogP contribution in [0.2, 0.25) is 10.0 Å². The number of nitrogens with zero attached hydrogens (tertiary/aromatic N) is 1. The second-order valence-corrected chi connectivity index (χ2v) is 4.58. The van der Waals surface area contributed by atoms with E-state index in [1.807, 2.05) is 0 Å². The van der Waals surface area contributed by atoms with Gasteiger partial charge in [0, 0.05) is 13.1 Å². The Morgan fingerprint density at radius 1 is 1.25 bits per heavy atom. The standard InChI is InChI=1S/C11H11Cl2NO2/c12-8-5-7(11(15)16)6-9(10(8)13)14-3-1-2-4-14/h5-6H,1-4H2,(H,15,16). The van der Waals surface area contributed by atoms with Gasteiger partial charge in [-0.15, -0.1) is 0 Å². The van der Waals surface area contributed by atoms with Crippen molar-refractivity contribution < 1.29 is 9.90 Å². The zero-order valence-electron chi connectivity index (χ0n) is 8.54. The Labute approximate surface area is 104 Å². The summed E-state index contributed by atoms with van der Waals surface area (Å²) in [6.45, 7) is 1.80. The van der Waals surface area contributed by atoms with Crippen LogP contribution in [0.5, 0.6) is 0 Å². The molecule has 1 aromatic carbocycles. The smallest absolute Gasteiger partial charge is 0.335 e. The molecular formula is C11H11Cl2NO2. The van der Waals surface area contributed by atoms with Gasteiger partial charge in [0.05, 0.1) is 21.3 Å².